The number of benzene rings is 2. The molecule has 0 aliphatic rings. The monoisotopic (exact) mass is 477 g/mol. The van der Waals surface area contributed by atoms with E-state index < -0.39 is 46.7 Å². The number of halogens is 4. The predicted octanol–water partition coefficient (Wildman–Crippen LogP) is 3.42. The number of nitrogens with one attached hydrogen (secondary N) is 2. The molecule has 1 atom stereocenters. The van der Waals surface area contributed by atoms with Gasteiger partial charge in [0.15, 0.2) is 5.69 Å². The molecule has 0 aliphatic heterocycles. The number of nitrogen functional groups attached to an aromatic ring is 1. The van der Waals surface area contributed by atoms with Gasteiger partial charge in [-0.15, -0.1) is 0 Å². The number of aromatic nitrogens is 2. The SMILES string of the molecule is CC(=O)Nc1cc(=O)n(-c2ccccc2F)nc1C(=O)NC(C)c1cc(N)cc(C(F)(F)F)c1. The lowest BCUT2D eigenvalue weighted by Gasteiger charge is -2.18. The lowest BCUT2D eigenvalue weighted by Crippen LogP contribution is -2.33. The summed E-state index contributed by atoms with van der Waals surface area (Å²) in [5.41, 5.74) is 2.72. The van der Waals surface area contributed by atoms with Crippen LogP contribution in [-0.2, 0) is 11.0 Å². The minimum absolute atomic E-state index is 0.0594. The number of nitrogens with zero attached hydrogens (tertiary/aromatic N) is 2. The zero-order valence-corrected chi connectivity index (χ0v) is 17.9. The Labute approximate surface area is 190 Å². The molecule has 1 heterocycles. The number of anilines is 2. The molecule has 4 N–H and O–H groups in total. The quantitative estimate of drug-likeness (QED) is 0.384. The molecule has 0 saturated carbocycles. The molecule has 0 spiro atoms. The summed E-state index contributed by atoms with van der Waals surface area (Å²) in [6, 6.07) is 7.98. The Balaban J connectivity index is 2.03. The average Bonchev–Trinajstić information content (AvgIpc) is 2.73. The van der Waals surface area contributed by atoms with Crippen molar-refractivity contribution < 1.29 is 27.2 Å². The topological polar surface area (TPSA) is 119 Å². The molecule has 3 rings (SSSR count). The molecular weight excluding hydrogens is 458 g/mol. The molecular formula is C22H19F4N5O3. The van der Waals surface area contributed by atoms with Gasteiger partial charge in [0.2, 0.25) is 5.91 Å². The smallest absolute Gasteiger partial charge is 0.399 e. The minimum atomic E-state index is -4.65. The van der Waals surface area contributed by atoms with Crippen LogP contribution in [0.1, 0.15) is 41.5 Å². The van der Waals surface area contributed by atoms with Crippen LogP contribution in [0.25, 0.3) is 5.69 Å². The third kappa shape index (κ3) is 5.39. The maximum atomic E-state index is 14.2. The normalized spacial score (nSPS) is 12.2. The highest BCUT2D eigenvalue weighted by Gasteiger charge is 2.31. The second-order valence-electron chi connectivity index (χ2n) is 7.37. The number of hydrogen-bond donors (Lipinski definition) is 3. The van der Waals surface area contributed by atoms with Crippen LogP contribution in [-0.4, -0.2) is 21.6 Å². The molecule has 2 amide bonds. The van der Waals surface area contributed by atoms with Gasteiger partial charge < -0.3 is 16.4 Å². The largest absolute Gasteiger partial charge is 0.416 e. The molecule has 0 radical (unpaired) electrons. The van der Waals surface area contributed by atoms with E-state index in [1.54, 1.807) is 0 Å². The molecule has 0 aliphatic carbocycles. The first kappa shape index (κ1) is 24.4. The van der Waals surface area contributed by atoms with Crippen molar-refractivity contribution >= 4 is 23.2 Å². The average molecular weight is 477 g/mol. The van der Waals surface area contributed by atoms with Crippen LogP contribution in [0.15, 0.2) is 53.3 Å². The Kier molecular flexibility index (Phi) is 6.70. The highest BCUT2D eigenvalue weighted by atomic mass is 19.4. The zero-order valence-electron chi connectivity index (χ0n) is 17.9. The first-order valence-corrected chi connectivity index (χ1v) is 9.82. The summed E-state index contributed by atoms with van der Waals surface area (Å²) in [6.45, 7) is 2.55. The highest BCUT2D eigenvalue weighted by Crippen LogP contribution is 2.32. The van der Waals surface area contributed by atoms with Crippen molar-refractivity contribution in [3.63, 3.8) is 0 Å². The standard InChI is InChI=1S/C22H19F4N5O3/c1-11(13-7-14(22(24,25)26)9-15(27)8-13)28-21(34)20-17(29-12(2)32)10-19(33)31(30-20)18-6-4-3-5-16(18)23/h3-11H,27H2,1-2H3,(H,28,34)(H,29,32). The van der Waals surface area contributed by atoms with E-state index in [1.165, 1.54) is 31.2 Å². The van der Waals surface area contributed by atoms with Gasteiger partial charge in [-0.05, 0) is 42.8 Å². The number of carbonyl (C=O) groups excluding carboxylic acids is 2. The van der Waals surface area contributed by atoms with Gasteiger partial charge in [0, 0.05) is 18.7 Å². The van der Waals surface area contributed by atoms with Crippen LogP contribution < -0.4 is 21.9 Å². The molecule has 2 aromatic carbocycles. The van der Waals surface area contributed by atoms with Crippen LogP contribution in [0.4, 0.5) is 28.9 Å². The van der Waals surface area contributed by atoms with Crippen LogP contribution in [0, 0.1) is 5.82 Å². The van der Waals surface area contributed by atoms with E-state index in [9.17, 15) is 31.9 Å². The van der Waals surface area contributed by atoms with Crippen molar-refractivity contribution in [1.82, 2.24) is 15.1 Å². The van der Waals surface area contributed by atoms with E-state index in [0.29, 0.717) is 4.68 Å². The van der Waals surface area contributed by atoms with E-state index in [4.69, 9.17) is 5.73 Å². The van der Waals surface area contributed by atoms with Crippen molar-refractivity contribution in [2.75, 3.05) is 11.1 Å². The Bertz CT molecular complexity index is 1320. The van der Waals surface area contributed by atoms with Crippen LogP contribution in [0.5, 0.6) is 0 Å². The van der Waals surface area contributed by atoms with Crippen LogP contribution >= 0.6 is 0 Å². The summed E-state index contributed by atoms with van der Waals surface area (Å²) in [5, 5.41) is 8.67. The summed E-state index contributed by atoms with van der Waals surface area (Å²) >= 11 is 0. The molecule has 3 aromatic rings. The number of amides is 2. The van der Waals surface area contributed by atoms with E-state index in [1.807, 2.05) is 0 Å². The zero-order chi connectivity index (χ0) is 25.2. The summed E-state index contributed by atoms with van der Waals surface area (Å²) in [7, 11) is 0. The Hall–Kier alpha value is -4.22. The molecule has 0 fully saturated rings. The lowest BCUT2D eigenvalue weighted by atomic mass is 10.0. The number of nitrogens with two attached hydrogens (primary N) is 1. The number of hydrogen-bond acceptors (Lipinski definition) is 5. The second-order valence-corrected chi connectivity index (χ2v) is 7.37. The molecule has 8 nitrogen and oxygen atoms in total. The van der Waals surface area contributed by atoms with E-state index in [-0.39, 0.29) is 22.6 Å². The van der Waals surface area contributed by atoms with E-state index in [2.05, 4.69) is 15.7 Å². The van der Waals surface area contributed by atoms with Gasteiger partial charge in [0.1, 0.15) is 11.5 Å². The number of rotatable bonds is 5. The Morgan fingerprint density at radius 1 is 1.12 bits per heavy atom. The van der Waals surface area contributed by atoms with Gasteiger partial charge in [0.25, 0.3) is 11.5 Å². The molecule has 0 bridgehead atoms. The highest BCUT2D eigenvalue weighted by molar-refractivity contribution is 6.01. The Morgan fingerprint density at radius 2 is 1.79 bits per heavy atom. The summed E-state index contributed by atoms with van der Waals surface area (Å²) in [4.78, 5) is 37.0. The van der Waals surface area contributed by atoms with Gasteiger partial charge in [-0.1, -0.05) is 12.1 Å². The Morgan fingerprint density at radius 3 is 2.41 bits per heavy atom. The minimum Gasteiger partial charge on any atom is -0.399 e. The van der Waals surface area contributed by atoms with Crippen molar-refractivity contribution in [2.24, 2.45) is 0 Å². The molecule has 178 valence electrons. The number of para-hydroxylation sites is 1. The first-order chi connectivity index (χ1) is 15.9. The maximum absolute atomic E-state index is 14.2. The van der Waals surface area contributed by atoms with Gasteiger partial charge in [-0.3, -0.25) is 14.4 Å². The van der Waals surface area contributed by atoms with Crippen LogP contribution in [0.2, 0.25) is 0 Å². The van der Waals surface area contributed by atoms with Crippen molar-refractivity contribution in [1.29, 1.82) is 0 Å². The summed E-state index contributed by atoms with van der Waals surface area (Å²) in [6.07, 6.45) is -4.65. The van der Waals surface area contributed by atoms with Gasteiger partial charge in [-0.25, -0.2) is 4.39 Å². The van der Waals surface area contributed by atoms with Gasteiger partial charge in [0.05, 0.1) is 17.3 Å². The predicted molar refractivity (Wildman–Crippen MR) is 116 cm³/mol. The molecule has 1 unspecified atom stereocenters. The van der Waals surface area contributed by atoms with Gasteiger partial charge in [-0.2, -0.15) is 23.0 Å². The van der Waals surface area contributed by atoms with Crippen LogP contribution in [0.3, 0.4) is 0 Å². The van der Waals surface area contributed by atoms with E-state index in [0.717, 1.165) is 31.2 Å². The first-order valence-electron chi connectivity index (χ1n) is 9.82. The fourth-order valence-corrected chi connectivity index (χ4v) is 3.14. The van der Waals surface area contributed by atoms with E-state index >= 15 is 0 Å². The molecule has 1 aromatic heterocycles. The summed E-state index contributed by atoms with van der Waals surface area (Å²) in [5.74, 6) is -2.33. The fraction of sp³-hybridized carbons (Fsp3) is 0.182. The second kappa shape index (κ2) is 9.33. The third-order valence-corrected chi connectivity index (χ3v) is 4.69. The number of carbonyl (C=O) groups is 2. The molecule has 12 heteroatoms. The summed E-state index contributed by atoms with van der Waals surface area (Å²) < 4.78 is 54.3. The van der Waals surface area contributed by atoms with Crippen molar-refractivity contribution in [2.45, 2.75) is 26.1 Å². The third-order valence-electron chi connectivity index (χ3n) is 4.69. The molecule has 0 saturated heterocycles. The van der Waals surface area contributed by atoms with Crippen molar-refractivity contribution in [3.8, 4) is 5.69 Å². The maximum Gasteiger partial charge on any atom is 0.416 e. The number of alkyl halides is 3. The van der Waals surface area contributed by atoms with Gasteiger partial charge >= 0.3 is 6.18 Å². The van der Waals surface area contributed by atoms with Crippen molar-refractivity contribution in [3.05, 3.63) is 81.5 Å². The fourth-order valence-electron chi connectivity index (χ4n) is 3.14. The lowest BCUT2D eigenvalue weighted by molar-refractivity contribution is -0.137. The molecule has 34 heavy (non-hydrogen) atoms.